The van der Waals surface area contributed by atoms with Gasteiger partial charge in [-0.1, -0.05) is 44.2 Å². The van der Waals surface area contributed by atoms with Crippen molar-refractivity contribution in [2.24, 2.45) is 17.8 Å². The van der Waals surface area contributed by atoms with Crippen LogP contribution < -0.4 is 0 Å². The maximum Gasteiger partial charge on any atom is -0.0250 e. The first kappa shape index (κ1) is 9.76. The summed E-state index contributed by atoms with van der Waals surface area (Å²) in [7, 11) is 0. The van der Waals surface area contributed by atoms with Gasteiger partial charge in [0.05, 0.1) is 0 Å². The summed E-state index contributed by atoms with van der Waals surface area (Å²) in [5.74, 6) is 2.86. The molecule has 0 atom stereocenters. The molecule has 1 saturated carbocycles. The maximum atomic E-state index is 2.35. The Kier molecular flexibility index (Phi) is 2.90. The summed E-state index contributed by atoms with van der Waals surface area (Å²) in [5.41, 5.74) is 1.51. The van der Waals surface area contributed by atoms with E-state index < -0.39 is 0 Å². The van der Waals surface area contributed by atoms with Crippen molar-refractivity contribution in [2.45, 2.75) is 33.1 Å². The fourth-order valence-electron chi connectivity index (χ4n) is 2.45. The lowest BCUT2D eigenvalue weighted by molar-refractivity contribution is 0.141. The van der Waals surface area contributed by atoms with E-state index in [9.17, 15) is 0 Å². The minimum absolute atomic E-state index is 0.891. The Hall–Kier alpha value is -0.780. The molecule has 1 aromatic carbocycles. The molecule has 1 fully saturated rings. The molecule has 0 amide bonds. The Morgan fingerprint density at radius 2 is 1.79 bits per heavy atom. The fraction of sp³-hybridized carbons (Fsp3) is 0.571. The Bertz CT molecular complexity index is 267. The zero-order chi connectivity index (χ0) is 9.97. The van der Waals surface area contributed by atoms with E-state index in [1.54, 1.807) is 0 Å². The van der Waals surface area contributed by atoms with Crippen LogP contribution in [0.1, 0.15) is 32.3 Å². The lowest BCUT2D eigenvalue weighted by Gasteiger charge is -2.38. The second-order valence-electron chi connectivity index (χ2n) is 5.03. The van der Waals surface area contributed by atoms with Crippen LogP contribution >= 0.6 is 0 Å². The monoisotopic (exact) mass is 188 g/mol. The van der Waals surface area contributed by atoms with Crippen LogP contribution in [0.2, 0.25) is 0 Å². The van der Waals surface area contributed by atoms with Crippen LogP contribution in [0.3, 0.4) is 0 Å². The minimum atomic E-state index is 0.891. The molecule has 0 bridgehead atoms. The largest absolute Gasteiger partial charge is 0.0625 e. The van der Waals surface area contributed by atoms with E-state index in [1.165, 1.54) is 24.8 Å². The van der Waals surface area contributed by atoms with Crippen LogP contribution in [-0.2, 0) is 6.42 Å². The molecule has 0 nitrogen and oxygen atoms in total. The predicted molar refractivity (Wildman–Crippen MR) is 61.2 cm³/mol. The van der Waals surface area contributed by atoms with Gasteiger partial charge in [0.25, 0.3) is 0 Å². The second kappa shape index (κ2) is 4.16. The lowest BCUT2D eigenvalue weighted by atomic mass is 9.67. The first-order valence-corrected chi connectivity index (χ1v) is 5.79. The summed E-state index contributed by atoms with van der Waals surface area (Å²) in [6, 6.07) is 10.9. The van der Waals surface area contributed by atoms with Crippen LogP contribution in [0.5, 0.6) is 0 Å². The normalized spacial score (nSPS) is 26.2. The molecule has 0 spiro atoms. The van der Waals surface area contributed by atoms with Crippen molar-refractivity contribution < 1.29 is 0 Å². The standard InChI is InChI=1S/C14H20/c1-11(2)14-9-13(10-14)8-12-6-4-3-5-7-12/h3-7,11,13-14H,8-10H2,1-2H3. The van der Waals surface area contributed by atoms with Crippen LogP contribution in [0.4, 0.5) is 0 Å². The van der Waals surface area contributed by atoms with Crippen molar-refractivity contribution in [1.29, 1.82) is 0 Å². The Balaban J connectivity index is 1.80. The molecule has 0 radical (unpaired) electrons. The molecule has 0 unspecified atom stereocenters. The summed E-state index contributed by atoms with van der Waals surface area (Å²) in [6.07, 6.45) is 4.20. The Morgan fingerprint density at radius 3 is 2.36 bits per heavy atom. The van der Waals surface area contributed by atoms with E-state index in [0.717, 1.165) is 17.8 Å². The minimum Gasteiger partial charge on any atom is -0.0625 e. The van der Waals surface area contributed by atoms with E-state index in [0.29, 0.717) is 0 Å². The molecule has 76 valence electrons. The summed E-state index contributed by atoms with van der Waals surface area (Å²) in [6.45, 7) is 4.70. The van der Waals surface area contributed by atoms with Crippen LogP contribution in [-0.4, -0.2) is 0 Å². The summed E-state index contributed by atoms with van der Waals surface area (Å²) >= 11 is 0. The predicted octanol–water partition coefficient (Wildman–Crippen LogP) is 3.91. The quantitative estimate of drug-likeness (QED) is 0.674. The van der Waals surface area contributed by atoms with Gasteiger partial charge in [-0.2, -0.15) is 0 Å². The highest BCUT2D eigenvalue weighted by molar-refractivity contribution is 5.15. The molecule has 0 heterocycles. The van der Waals surface area contributed by atoms with Crippen molar-refractivity contribution >= 4 is 0 Å². The average molecular weight is 188 g/mol. The summed E-state index contributed by atoms with van der Waals surface area (Å²) < 4.78 is 0. The Labute approximate surface area is 87.3 Å². The molecule has 1 aliphatic rings. The van der Waals surface area contributed by atoms with Gasteiger partial charge in [0.1, 0.15) is 0 Å². The highest BCUT2D eigenvalue weighted by Crippen LogP contribution is 2.40. The van der Waals surface area contributed by atoms with E-state index >= 15 is 0 Å². The topological polar surface area (TPSA) is 0 Å². The van der Waals surface area contributed by atoms with Crippen molar-refractivity contribution in [2.75, 3.05) is 0 Å². The molecule has 0 aliphatic heterocycles. The van der Waals surface area contributed by atoms with E-state index in [-0.39, 0.29) is 0 Å². The first-order valence-electron chi connectivity index (χ1n) is 5.79. The molecular weight excluding hydrogens is 168 g/mol. The highest BCUT2D eigenvalue weighted by Gasteiger charge is 2.30. The van der Waals surface area contributed by atoms with E-state index in [4.69, 9.17) is 0 Å². The zero-order valence-electron chi connectivity index (χ0n) is 9.24. The highest BCUT2D eigenvalue weighted by atomic mass is 14.4. The molecular formula is C14H20. The van der Waals surface area contributed by atoms with Gasteiger partial charge in [-0.15, -0.1) is 0 Å². The fourth-order valence-corrected chi connectivity index (χ4v) is 2.45. The number of benzene rings is 1. The van der Waals surface area contributed by atoms with Gasteiger partial charge in [0, 0.05) is 0 Å². The van der Waals surface area contributed by atoms with Crippen molar-refractivity contribution in [3.63, 3.8) is 0 Å². The second-order valence-corrected chi connectivity index (χ2v) is 5.03. The summed E-state index contributed by atoms with van der Waals surface area (Å²) in [5, 5.41) is 0. The van der Waals surface area contributed by atoms with E-state index in [1.807, 2.05) is 0 Å². The van der Waals surface area contributed by atoms with Crippen LogP contribution in [0.25, 0.3) is 0 Å². The average Bonchev–Trinajstić information content (AvgIpc) is 2.12. The first-order chi connectivity index (χ1) is 6.75. The molecule has 1 aromatic rings. The molecule has 0 heteroatoms. The number of rotatable bonds is 3. The Morgan fingerprint density at radius 1 is 1.14 bits per heavy atom. The van der Waals surface area contributed by atoms with Crippen molar-refractivity contribution in [3.8, 4) is 0 Å². The van der Waals surface area contributed by atoms with Gasteiger partial charge in [-0.25, -0.2) is 0 Å². The molecule has 0 N–H and O–H groups in total. The molecule has 14 heavy (non-hydrogen) atoms. The molecule has 0 saturated heterocycles. The molecule has 2 rings (SSSR count). The van der Waals surface area contributed by atoms with Gasteiger partial charge >= 0.3 is 0 Å². The van der Waals surface area contributed by atoms with Crippen molar-refractivity contribution in [1.82, 2.24) is 0 Å². The van der Waals surface area contributed by atoms with Gasteiger partial charge in [0.2, 0.25) is 0 Å². The summed E-state index contributed by atoms with van der Waals surface area (Å²) in [4.78, 5) is 0. The van der Waals surface area contributed by atoms with Gasteiger partial charge in [-0.3, -0.25) is 0 Å². The number of hydrogen-bond donors (Lipinski definition) is 0. The van der Waals surface area contributed by atoms with Gasteiger partial charge < -0.3 is 0 Å². The molecule has 0 aromatic heterocycles. The molecule has 1 aliphatic carbocycles. The third-order valence-corrected chi connectivity index (χ3v) is 3.58. The maximum absolute atomic E-state index is 2.35. The lowest BCUT2D eigenvalue weighted by Crippen LogP contribution is -2.29. The number of hydrogen-bond acceptors (Lipinski definition) is 0. The smallest absolute Gasteiger partial charge is 0.0250 e. The van der Waals surface area contributed by atoms with Gasteiger partial charge in [-0.05, 0) is 42.6 Å². The third kappa shape index (κ3) is 2.17. The van der Waals surface area contributed by atoms with Crippen molar-refractivity contribution in [3.05, 3.63) is 35.9 Å². The van der Waals surface area contributed by atoms with Gasteiger partial charge in [0.15, 0.2) is 0 Å². The van der Waals surface area contributed by atoms with Crippen LogP contribution in [0, 0.1) is 17.8 Å². The van der Waals surface area contributed by atoms with E-state index in [2.05, 4.69) is 44.2 Å². The SMILES string of the molecule is CC(C)C1CC(Cc2ccccc2)C1. The van der Waals surface area contributed by atoms with Crippen LogP contribution in [0.15, 0.2) is 30.3 Å². The third-order valence-electron chi connectivity index (χ3n) is 3.58. The zero-order valence-corrected chi connectivity index (χ0v) is 9.24.